The summed E-state index contributed by atoms with van der Waals surface area (Å²) in [5.74, 6) is 0.0275. The van der Waals surface area contributed by atoms with Crippen LogP contribution in [0.15, 0.2) is 46.1 Å². The standard InChI is InChI=1S/C16H16N2O6S/c1-10-7-18(16(21)17-14(10)19)24-12-9-25-13(23-12)8-22-15(20)11-5-3-2-4-6-11/h2-7,12-13H,8-9H2,1H3,(H,17,19,21). The number of benzene rings is 1. The van der Waals surface area contributed by atoms with Gasteiger partial charge in [-0.25, -0.2) is 9.59 Å². The normalized spacial score (nSPS) is 19.6. The van der Waals surface area contributed by atoms with Crippen LogP contribution in [0, 0.1) is 6.92 Å². The molecule has 1 N–H and O–H groups in total. The fourth-order valence-electron chi connectivity index (χ4n) is 2.13. The van der Waals surface area contributed by atoms with E-state index in [4.69, 9.17) is 14.3 Å². The number of ether oxygens (including phenoxy) is 2. The monoisotopic (exact) mass is 364 g/mol. The molecule has 25 heavy (non-hydrogen) atoms. The van der Waals surface area contributed by atoms with E-state index in [0.29, 0.717) is 16.9 Å². The van der Waals surface area contributed by atoms with Crippen molar-refractivity contribution in [3.8, 4) is 0 Å². The molecule has 1 aromatic carbocycles. The van der Waals surface area contributed by atoms with Gasteiger partial charge < -0.3 is 14.3 Å². The van der Waals surface area contributed by atoms with Gasteiger partial charge in [0.1, 0.15) is 12.0 Å². The summed E-state index contributed by atoms with van der Waals surface area (Å²) >= 11 is 1.41. The molecule has 0 saturated carbocycles. The van der Waals surface area contributed by atoms with Crippen molar-refractivity contribution in [1.29, 1.82) is 0 Å². The van der Waals surface area contributed by atoms with Crippen molar-refractivity contribution >= 4 is 17.7 Å². The molecule has 1 aromatic heterocycles. The van der Waals surface area contributed by atoms with Crippen LogP contribution >= 0.6 is 11.8 Å². The molecule has 0 amide bonds. The predicted octanol–water partition coefficient (Wildman–Crippen LogP) is 0.546. The minimum atomic E-state index is -0.687. The third-order valence-electron chi connectivity index (χ3n) is 3.40. The highest BCUT2D eigenvalue weighted by Crippen LogP contribution is 2.25. The summed E-state index contributed by atoms with van der Waals surface area (Å²) in [6, 6.07) is 8.66. The lowest BCUT2D eigenvalue weighted by Gasteiger charge is -2.15. The molecule has 1 aliphatic heterocycles. The maximum atomic E-state index is 11.9. The molecular weight excluding hydrogens is 348 g/mol. The summed E-state index contributed by atoms with van der Waals surface area (Å²) in [5, 5.41) is 0. The van der Waals surface area contributed by atoms with E-state index in [1.165, 1.54) is 18.0 Å². The Labute approximate surface area is 146 Å². The number of aryl methyl sites for hydroxylation is 1. The topological polar surface area (TPSA) is 99.6 Å². The number of nitrogens with one attached hydrogen (secondary N) is 1. The molecule has 0 spiro atoms. The Bertz CT molecular complexity index is 863. The predicted molar refractivity (Wildman–Crippen MR) is 90.5 cm³/mol. The lowest BCUT2D eigenvalue weighted by atomic mass is 10.2. The molecule has 0 bridgehead atoms. The van der Waals surface area contributed by atoms with Crippen molar-refractivity contribution in [2.24, 2.45) is 0 Å². The molecule has 2 aromatic rings. The van der Waals surface area contributed by atoms with Crippen molar-refractivity contribution in [3.05, 3.63) is 68.5 Å². The number of aromatic nitrogens is 2. The molecule has 3 rings (SSSR count). The first-order valence-corrected chi connectivity index (χ1v) is 8.57. The molecule has 132 valence electrons. The fourth-order valence-corrected chi connectivity index (χ4v) is 3.00. The Morgan fingerprint density at radius 2 is 2.12 bits per heavy atom. The third-order valence-corrected chi connectivity index (χ3v) is 4.49. The van der Waals surface area contributed by atoms with Gasteiger partial charge in [0.05, 0.1) is 17.5 Å². The largest absolute Gasteiger partial charge is 0.458 e. The number of hydrogen-bond donors (Lipinski definition) is 1. The Morgan fingerprint density at radius 3 is 2.88 bits per heavy atom. The van der Waals surface area contributed by atoms with Gasteiger partial charge >= 0.3 is 11.7 Å². The Kier molecular flexibility index (Phi) is 5.25. The minimum absolute atomic E-state index is 0.0673. The van der Waals surface area contributed by atoms with Crippen LogP contribution in [-0.2, 0) is 9.47 Å². The summed E-state index contributed by atoms with van der Waals surface area (Å²) < 4.78 is 11.7. The van der Waals surface area contributed by atoms with Gasteiger partial charge in [0.2, 0.25) is 6.29 Å². The zero-order valence-electron chi connectivity index (χ0n) is 13.3. The molecule has 9 heteroatoms. The first-order chi connectivity index (χ1) is 12.0. The van der Waals surface area contributed by atoms with Gasteiger partial charge in [0.15, 0.2) is 0 Å². The molecule has 2 atom stereocenters. The minimum Gasteiger partial charge on any atom is -0.458 e. The highest BCUT2D eigenvalue weighted by molar-refractivity contribution is 8.00. The number of esters is 1. The van der Waals surface area contributed by atoms with Gasteiger partial charge in [0, 0.05) is 5.56 Å². The maximum Gasteiger partial charge on any atom is 0.361 e. The summed E-state index contributed by atoms with van der Waals surface area (Å²) in [7, 11) is 0. The van der Waals surface area contributed by atoms with E-state index < -0.39 is 28.9 Å². The van der Waals surface area contributed by atoms with Crippen molar-refractivity contribution in [2.45, 2.75) is 18.6 Å². The molecule has 8 nitrogen and oxygen atoms in total. The van der Waals surface area contributed by atoms with Crippen LogP contribution in [0.2, 0.25) is 0 Å². The Morgan fingerprint density at radius 1 is 1.36 bits per heavy atom. The van der Waals surface area contributed by atoms with Crippen LogP contribution in [0.25, 0.3) is 0 Å². The van der Waals surface area contributed by atoms with E-state index in [1.807, 2.05) is 6.07 Å². The number of rotatable bonds is 5. The van der Waals surface area contributed by atoms with Crippen molar-refractivity contribution in [1.82, 2.24) is 9.71 Å². The molecule has 0 radical (unpaired) electrons. The quantitative estimate of drug-likeness (QED) is 0.773. The van der Waals surface area contributed by atoms with Crippen molar-refractivity contribution < 1.29 is 19.1 Å². The van der Waals surface area contributed by atoms with E-state index in [0.717, 1.165) is 4.73 Å². The van der Waals surface area contributed by atoms with E-state index in [9.17, 15) is 14.4 Å². The summed E-state index contributed by atoms with van der Waals surface area (Å²) in [6.45, 7) is 1.63. The van der Waals surface area contributed by atoms with Gasteiger partial charge in [-0.2, -0.15) is 0 Å². The molecule has 1 aliphatic rings. The second kappa shape index (κ2) is 7.58. The fraction of sp³-hybridized carbons (Fsp3) is 0.312. The Hall–Kier alpha value is -2.52. The average Bonchev–Trinajstić information content (AvgIpc) is 3.06. The maximum absolute atomic E-state index is 11.9. The van der Waals surface area contributed by atoms with Crippen molar-refractivity contribution in [2.75, 3.05) is 12.4 Å². The summed E-state index contributed by atoms with van der Waals surface area (Å²) in [5.41, 5.74) is -0.718. The van der Waals surface area contributed by atoms with Crippen LogP contribution in [0.1, 0.15) is 15.9 Å². The lowest BCUT2D eigenvalue weighted by Crippen LogP contribution is -2.39. The van der Waals surface area contributed by atoms with Crippen LogP contribution in [0.4, 0.5) is 0 Å². The highest BCUT2D eigenvalue weighted by Gasteiger charge is 2.29. The number of H-pyrrole nitrogens is 1. The SMILES string of the molecule is Cc1cn(OC2CSC(COC(=O)c3ccccc3)O2)c(=O)[nH]c1=O. The van der Waals surface area contributed by atoms with Crippen LogP contribution in [0.5, 0.6) is 0 Å². The molecule has 1 saturated heterocycles. The van der Waals surface area contributed by atoms with Gasteiger partial charge in [-0.05, 0) is 19.1 Å². The number of hydrogen-bond acceptors (Lipinski definition) is 7. The molecule has 2 unspecified atom stereocenters. The first kappa shape index (κ1) is 17.3. The van der Waals surface area contributed by atoms with E-state index in [1.54, 1.807) is 31.2 Å². The van der Waals surface area contributed by atoms with Gasteiger partial charge in [0.25, 0.3) is 5.56 Å². The van der Waals surface area contributed by atoms with Crippen molar-refractivity contribution in [3.63, 3.8) is 0 Å². The van der Waals surface area contributed by atoms with E-state index in [2.05, 4.69) is 4.98 Å². The molecule has 1 fully saturated rings. The molecule has 0 aliphatic carbocycles. The number of nitrogens with zero attached hydrogens (tertiary/aromatic N) is 1. The van der Waals surface area contributed by atoms with Crippen LogP contribution in [-0.4, -0.2) is 39.8 Å². The number of carbonyl (C=O) groups excluding carboxylic acids is 1. The van der Waals surface area contributed by atoms with Gasteiger partial charge in [-0.3, -0.25) is 9.78 Å². The zero-order chi connectivity index (χ0) is 17.8. The zero-order valence-corrected chi connectivity index (χ0v) is 14.2. The Balaban J connectivity index is 1.52. The third kappa shape index (κ3) is 4.31. The van der Waals surface area contributed by atoms with Gasteiger partial charge in [-0.1, -0.05) is 18.2 Å². The summed E-state index contributed by atoms with van der Waals surface area (Å²) in [6.07, 6.45) is 0.617. The first-order valence-electron chi connectivity index (χ1n) is 7.52. The second-order valence-corrected chi connectivity index (χ2v) is 6.49. The highest BCUT2D eigenvalue weighted by atomic mass is 32.2. The van der Waals surface area contributed by atoms with E-state index >= 15 is 0 Å². The lowest BCUT2D eigenvalue weighted by molar-refractivity contribution is -0.138. The smallest absolute Gasteiger partial charge is 0.361 e. The number of thioether (sulfide) groups is 1. The number of carbonyl (C=O) groups is 1. The van der Waals surface area contributed by atoms with Crippen LogP contribution < -0.4 is 16.1 Å². The number of aromatic amines is 1. The average molecular weight is 364 g/mol. The molecular formula is C16H16N2O6S. The van der Waals surface area contributed by atoms with Crippen LogP contribution in [0.3, 0.4) is 0 Å². The molecule has 2 heterocycles. The van der Waals surface area contributed by atoms with Gasteiger partial charge in [-0.15, -0.1) is 16.5 Å². The van der Waals surface area contributed by atoms with E-state index in [-0.39, 0.29) is 6.61 Å². The summed E-state index contributed by atoms with van der Waals surface area (Å²) in [4.78, 5) is 42.5. The second-order valence-electron chi connectivity index (χ2n) is 5.30.